The fourth-order valence-corrected chi connectivity index (χ4v) is 10.2. The Morgan fingerprint density at radius 1 is 0.365 bits per heavy atom. The van der Waals surface area contributed by atoms with E-state index in [-0.39, 0.29) is 0 Å². The molecule has 0 bridgehead atoms. The summed E-state index contributed by atoms with van der Waals surface area (Å²) < 4.78 is 11.9. The molecule has 2 nitrogen and oxygen atoms in total. The smallest absolute Gasteiger partial charge is 0.143 e. The first kappa shape index (κ1) is 29.5. The monoisotopic (exact) mass is 699 g/mol. The van der Waals surface area contributed by atoms with Crippen molar-refractivity contribution in [3.05, 3.63) is 176 Å². The summed E-state index contributed by atoms with van der Waals surface area (Å²) >= 11 is 3.71. The van der Waals surface area contributed by atoms with Crippen molar-refractivity contribution >= 4 is 102 Å². The van der Waals surface area contributed by atoms with Crippen LogP contribution in [0.25, 0.3) is 84.5 Å². The van der Waals surface area contributed by atoms with E-state index >= 15 is 0 Å². The molecular formula is C48H29NOS2. The average molecular weight is 700 g/mol. The standard InChI is InChI=1S/C48H29NOS2/c1-3-11-32(12-4-1)49(33-13-5-2-6-14-33)34-23-26-40-39-24-21-30(27-45(39)52-46(40)29-34)35-16-10-19-42-47(35)41-18-9-17-36(48(41)50-42)31-22-25-38-37-15-7-8-20-43(37)51-44(38)28-31/h1-29H. The molecule has 11 aromatic rings. The summed E-state index contributed by atoms with van der Waals surface area (Å²) in [6.45, 7) is 0. The molecule has 0 aliphatic carbocycles. The minimum absolute atomic E-state index is 0.908. The molecule has 0 aliphatic rings. The lowest BCUT2D eigenvalue weighted by Gasteiger charge is -2.25. The Bertz CT molecular complexity index is 3090. The Balaban J connectivity index is 1.03. The number of thiophene rings is 2. The van der Waals surface area contributed by atoms with Crippen molar-refractivity contribution in [1.29, 1.82) is 0 Å². The van der Waals surface area contributed by atoms with Gasteiger partial charge < -0.3 is 9.32 Å². The van der Waals surface area contributed by atoms with Crippen LogP contribution in [0.4, 0.5) is 17.1 Å². The summed E-state index contributed by atoms with van der Waals surface area (Å²) in [4.78, 5) is 2.33. The molecule has 0 saturated heterocycles. The highest BCUT2D eigenvalue weighted by Crippen LogP contribution is 2.45. The molecule has 0 amide bonds. The zero-order valence-corrected chi connectivity index (χ0v) is 29.5. The minimum atomic E-state index is 0.908. The van der Waals surface area contributed by atoms with Crippen LogP contribution in [-0.4, -0.2) is 0 Å². The lowest BCUT2D eigenvalue weighted by Crippen LogP contribution is -2.09. The van der Waals surface area contributed by atoms with Crippen molar-refractivity contribution in [2.45, 2.75) is 0 Å². The fourth-order valence-electron chi connectivity index (χ4n) is 7.88. The van der Waals surface area contributed by atoms with E-state index in [4.69, 9.17) is 4.42 Å². The van der Waals surface area contributed by atoms with Crippen molar-refractivity contribution < 1.29 is 4.42 Å². The minimum Gasteiger partial charge on any atom is -0.455 e. The Kier molecular flexibility index (Phi) is 6.63. The molecule has 3 aromatic heterocycles. The molecule has 0 unspecified atom stereocenters. The number of para-hydroxylation sites is 3. The number of hydrogen-bond acceptors (Lipinski definition) is 4. The molecule has 244 valence electrons. The molecule has 11 rings (SSSR count). The lowest BCUT2D eigenvalue weighted by molar-refractivity contribution is 0.670. The van der Waals surface area contributed by atoms with E-state index in [1.165, 1.54) is 57.0 Å². The van der Waals surface area contributed by atoms with Crippen molar-refractivity contribution in [1.82, 2.24) is 0 Å². The maximum atomic E-state index is 6.72. The predicted octanol–water partition coefficient (Wildman–Crippen LogP) is 15.1. The van der Waals surface area contributed by atoms with E-state index < -0.39 is 0 Å². The first-order valence-electron chi connectivity index (χ1n) is 17.5. The topological polar surface area (TPSA) is 16.4 Å². The number of nitrogens with zero attached hydrogens (tertiary/aromatic N) is 1. The Hall–Kier alpha value is -6.20. The zero-order valence-electron chi connectivity index (χ0n) is 27.9. The van der Waals surface area contributed by atoms with Gasteiger partial charge in [-0.25, -0.2) is 0 Å². The van der Waals surface area contributed by atoms with Gasteiger partial charge in [-0.05, 0) is 77.4 Å². The number of benzene rings is 8. The van der Waals surface area contributed by atoms with Gasteiger partial charge >= 0.3 is 0 Å². The molecule has 0 N–H and O–H groups in total. The first-order valence-corrected chi connectivity index (χ1v) is 19.1. The third-order valence-corrected chi connectivity index (χ3v) is 12.5. The van der Waals surface area contributed by atoms with Crippen LogP contribution < -0.4 is 4.90 Å². The van der Waals surface area contributed by atoms with Gasteiger partial charge in [0, 0.05) is 73.7 Å². The number of hydrogen-bond donors (Lipinski definition) is 0. The highest BCUT2D eigenvalue weighted by Gasteiger charge is 2.18. The van der Waals surface area contributed by atoms with Crippen LogP contribution in [0.3, 0.4) is 0 Å². The van der Waals surface area contributed by atoms with Gasteiger partial charge in [-0.1, -0.05) is 115 Å². The van der Waals surface area contributed by atoms with Crippen LogP contribution in [0.15, 0.2) is 180 Å². The van der Waals surface area contributed by atoms with Gasteiger partial charge in [-0.15, -0.1) is 22.7 Å². The van der Waals surface area contributed by atoms with Crippen LogP contribution in [0.1, 0.15) is 0 Å². The number of fused-ring (bicyclic) bond motifs is 9. The van der Waals surface area contributed by atoms with Gasteiger partial charge in [0.15, 0.2) is 0 Å². The van der Waals surface area contributed by atoms with Gasteiger partial charge in [-0.3, -0.25) is 0 Å². The summed E-state index contributed by atoms with van der Waals surface area (Å²) in [5, 5.41) is 7.49. The zero-order chi connectivity index (χ0) is 34.2. The summed E-state index contributed by atoms with van der Waals surface area (Å²) in [6, 6.07) is 63.5. The molecule has 3 heterocycles. The van der Waals surface area contributed by atoms with Crippen LogP contribution in [0.2, 0.25) is 0 Å². The second kappa shape index (κ2) is 11.7. The molecule has 0 spiro atoms. The van der Waals surface area contributed by atoms with Gasteiger partial charge in [0.1, 0.15) is 11.2 Å². The molecule has 52 heavy (non-hydrogen) atoms. The molecule has 0 atom stereocenters. The molecule has 0 fully saturated rings. The largest absolute Gasteiger partial charge is 0.455 e. The van der Waals surface area contributed by atoms with E-state index in [9.17, 15) is 0 Å². The van der Waals surface area contributed by atoms with Crippen LogP contribution in [0.5, 0.6) is 0 Å². The van der Waals surface area contributed by atoms with Crippen molar-refractivity contribution in [2.75, 3.05) is 4.90 Å². The molecule has 4 heteroatoms. The van der Waals surface area contributed by atoms with Gasteiger partial charge in [0.05, 0.1) is 0 Å². The summed E-state index contributed by atoms with van der Waals surface area (Å²) in [5.41, 5.74) is 9.94. The summed E-state index contributed by atoms with van der Waals surface area (Å²) in [5.74, 6) is 0. The van der Waals surface area contributed by atoms with Crippen molar-refractivity contribution in [3.8, 4) is 22.3 Å². The number of furan rings is 1. The second-order valence-corrected chi connectivity index (χ2v) is 15.4. The molecule has 8 aromatic carbocycles. The van der Waals surface area contributed by atoms with Gasteiger partial charge in [0.25, 0.3) is 0 Å². The maximum absolute atomic E-state index is 6.72. The Morgan fingerprint density at radius 2 is 0.904 bits per heavy atom. The number of rotatable bonds is 5. The molecule has 0 radical (unpaired) electrons. The summed E-state index contributed by atoms with van der Waals surface area (Å²) in [7, 11) is 0. The molecule has 0 aliphatic heterocycles. The summed E-state index contributed by atoms with van der Waals surface area (Å²) in [6.07, 6.45) is 0. The fraction of sp³-hybridized carbons (Fsp3) is 0. The highest BCUT2D eigenvalue weighted by atomic mass is 32.1. The third-order valence-electron chi connectivity index (χ3n) is 10.3. The Labute approximate surface area is 308 Å². The van der Waals surface area contributed by atoms with E-state index in [2.05, 4.69) is 181 Å². The quantitative estimate of drug-likeness (QED) is 0.178. The van der Waals surface area contributed by atoms with Crippen molar-refractivity contribution in [2.24, 2.45) is 0 Å². The van der Waals surface area contributed by atoms with Crippen LogP contribution in [0, 0.1) is 0 Å². The Morgan fingerprint density at radius 3 is 1.63 bits per heavy atom. The van der Waals surface area contributed by atoms with Crippen molar-refractivity contribution in [3.63, 3.8) is 0 Å². The molecular weight excluding hydrogens is 671 g/mol. The lowest BCUT2D eigenvalue weighted by atomic mass is 9.96. The SMILES string of the molecule is c1ccc(N(c2ccccc2)c2ccc3c(c2)sc2cc(-c4cccc5oc6c(-c7ccc8c(c7)sc7ccccc78)cccc6c45)ccc23)cc1. The normalized spacial score (nSPS) is 11.8. The van der Waals surface area contributed by atoms with Crippen LogP contribution in [-0.2, 0) is 0 Å². The number of anilines is 3. The van der Waals surface area contributed by atoms with Gasteiger partial charge in [-0.2, -0.15) is 0 Å². The first-order chi connectivity index (χ1) is 25.8. The van der Waals surface area contributed by atoms with E-state index in [0.29, 0.717) is 0 Å². The van der Waals surface area contributed by atoms with Crippen LogP contribution >= 0.6 is 22.7 Å². The second-order valence-electron chi connectivity index (χ2n) is 13.3. The third kappa shape index (κ3) is 4.62. The average Bonchev–Trinajstić information content (AvgIpc) is 3.89. The highest BCUT2D eigenvalue weighted by molar-refractivity contribution is 7.26. The predicted molar refractivity (Wildman–Crippen MR) is 225 cm³/mol. The van der Waals surface area contributed by atoms with Gasteiger partial charge in [0.2, 0.25) is 0 Å². The van der Waals surface area contributed by atoms with E-state index in [1.54, 1.807) is 0 Å². The molecule has 0 saturated carbocycles. The van der Waals surface area contributed by atoms with E-state index in [0.717, 1.165) is 44.6 Å². The maximum Gasteiger partial charge on any atom is 0.143 e. The van der Waals surface area contributed by atoms with E-state index in [1.807, 2.05) is 22.7 Å².